The summed E-state index contributed by atoms with van der Waals surface area (Å²) < 4.78 is 10.2. The highest BCUT2D eigenvalue weighted by Crippen LogP contribution is 2.27. The summed E-state index contributed by atoms with van der Waals surface area (Å²) in [6, 6.07) is 5.27. The average molecular weight is 210 g/mol. The van der Waals surface area contributed by atoms with Gasteiger partial charge in [-0.3, -0.25) is 0 Å². The number of carbonyl (C=O) groups excluding carboxylic acids is 1. The van der Waals surface area contributed by atoms with Gasteiger partial charge in [0.05, 0.1) is 14.2 Å². The lowest BCUT2D eigenvalue weighted by atomic mass is 10.1. The lowest BCUT2D eigenvalue weighted by Crippen LogP contribution is -2.11. The SMILES string of the molecule is COc1ccc(CC(O)C=O)cc1OC. The number of aliphatic hydroxyl groups excluding tert-OH is 1. The molecule has 1 atom stereocenters. The fraction of sp³-hybridized carbons (Fsp3) is 0.364. The Morgan fingerprint density at radius 1 is 1.33 bits per heavy atom. The zero-order valence-electron chi connectivity index (χ0n) is 8.77. The molecule has 1 rings (SSSR count). The Balaban J connectivity index is 2.87. The van der Waals surface area contributed by atoms with Crippen LogP contribution in [0.4, 0.5) is 0 Å². The molecular formula is C11H14O4. The molecule has 0 saturated heterocycles. The van der Waals surface area contributed by atoms with Gasteiger partial charge in [0.2, 0.25) is 0 Å². The number of hydrogen-bond donors (Lipinski definition) is 1. The summed E-state index contributed by atoms with van der Waals surface area (Å²) in [5.74, 6) is 1.22. The zero-order chi connectivity index (χ0) is 11.3. The largest absolute Gasteiger partial charge is 0.493 e. The van der Waals surface area contributed by atoms with Crippen LogP contribution in [-0.4, -0.2) is 31.7 Å². The highest BCUT2D eigenvalue weighted by Gasteiger charge is 2.07. The molecule has 4 heteroatoms. The Morgan fingerprint density at radius 2 is 2.00 bits per heavy atom. The third kappa shape index (κ3) is 2.95. The van der Waals surface area contributed by atoms with Gasteiger partial charge in [0, 0.05) is 6.42 Å². The molecule has 0 heterocycles. The van der Waals surface area contributed by atoms with Crippen molar-refractivity contribution in [3.63, 3.8) is 0 Å². The highest BCUT2D eigenvalue weighted by molar-refractivity contribution is 5.56. The van der Waals surface area contributed by atoms with Crippen molar-refractivity contribution in [2.24, 2.45) is 0 Å². The number of hydrogen-bond acceptors (Lipinski definition) is 4. The van der Waals surface area contributed by atoms with Crippen molar-refractivity contribution >= 4 is 6.29 Å². The molecule has 0 amide bonds. The molecule has 0 aliphatic rings. The number of rotatable bonds is 5. The van der Waals surface area contributed by atoms with E-state index in [-0.39, 0.29) is 6.42 Å². The molecule has 0 saturated carbocycles. The smallest absolute Gasteiger partial charge is 0.160 e. The van der Waals surface area contributed by atoms with Crippen molar-refractivity contribution < 1.29 is 19.4 Å². The molecule has 1 aromatic carbocycles. The summed E-state index contributed by atoms with van der Waals surface area (Å²) in [5, 5.41) is 9.16. The summed E-state index contributed by atoms with van der Waals surface area (Å²) in [4.78, 5) is 10.3. The maximum Gasteiger partial charge on any atom is 0.160 e. The van der Waals surface area contributed by atoms with Crippen LogP contribution in [0.2, 0.25) is 0 Å². The van der Waals surface area contributed by atoms with Crippen molar-refractivity contribution in [2.45, 2.75) is 12.5 Å². The van der Waals surface area contributed by atoms with E-state index in [1.165, 1.54) is 7.11 Å². The molecule has 0 spiro atoms. The van der Waals surface area contributed by atoms with Crippen LogP contribution in [0.15, 0.2) is 18.2 Å². The first-order valence-corrected chi connectivity index (χ1v) is 4.55. The highest BCUT2D eigenvalue weighted by atomic mass is 16.5. The molecule has 15 heavy (non-hydrogen) atoms. The van der Waals surface area contributed by atoms with Gasteiger partial charge >= 0.3 is 0 Å². The van der Waals surface area contributed by atoms with Crippen LogP contribution in [0.3, 0.4) is 0 Å². The molecule has 1 aromatic rings. The minimum absolute atomic E-state index is 0.282. The fourth-order valence-electron chi connectivity index (χ4n) is 1.30. The standard InChI is InChI=1S/C11H14O4/c1-14-10-4-3-8(5-9(13)7-12)6-11(10)15-2/h3-4,6-7,9,13H,5H2,1-2H3. The quantitative estimate of drug-likeness (QED) is 0.730. The molecule has 0 aromatic heterocycles. The second kappa shape index (κ2) is 5.36. The summed E-state index contributed by atoms with van der Waals surface area (Å²) in [6.07, 6.45) is -0.177. The fourth-order valence-corrected chi connectivity index (χ4v) is 1.30. The van der Waals surface area contributed by atoms with E-state index in [0.717, 1.165) is 5.56 Å². The van der Waals surface area contributed by atoms with Gasteiger partial charge in [-0.1, -0.05) is 6.07 Å². The topological polar surface area (TPSA) is 55.8 Å². The van der Waals surface area contributed by atoms with E-state index in [1.807, 2.05) is 0 Å². The summed E-state index contributed by atoms with van der Waals surface area (Å²) in [6.45, 7) is 0. The Hall–Kier alpha value is -1.55. The second-order valence-corrected chi connectivity index (χ2v) is 3.10. The molecular weight excluding hydrogens is 196 g/mol. The van der Waals surface area contributed by atoms with Crippen LogP contribution in [-0.2, 0) is 11.2 Å². The maximum absolute atomic E-state index is 10.3. The Bertz CT molecular complexity index is 335. The van der Waals surface area contributed by atoms with E-state index in [9.17, 15) is 4.79 Å². The maximum atomic E-state index is 10.3. The molecule has 0 bridgehead atoms. The predicted molar refractivity (Wildman–Crippen MR) is 55.3 cm³/mol. The van der Waals surface area contributed by atoms with Gasteiger partial charge in [0.15, 0.2) is 11.5 Å². The summed E-state index contributed by atoms with van der Waals surface area (Å²) in [7, 11) is 3.09. The van der Waals surface area contributed by atoms with E-state index in [4.69, 9.17) is 14.6 Å². The van der Waals surface area contributed by atoms with E-state index >= 15 is 0 Å². The van der Waals surface area contributed by atoms with Gasteiger partial charge in [0.1, 0.15) is 12.4 Å². The van der Waals surface area contributed by atoms with E-state index in [2.05, 4.69) is 0 Å². The van der Waals surface area contributed by atoms with Crippen LogP contribution >= 0.6 is 0 Å². The van der Waals surface area contributed by atoms with E-state index in [0.29, 0.717) is 17.8 Å². The first kappa shape index (κ1) is 11.5. The van der Waals surface area contributed by atoms with Gasteiger partial charge in [-0.2, -0.15) is 0 Å². The van der Waals surface area contributed by atoms with Gasteiger partial charge in [0.25, 0.3) is 0 Å². The first-order valence-electron chi connectivity index (χ1n) is 4.55. The lowest BCUT2D eigenvalue weighted by molar-refractivity contribution is -0.114. The zero-order valence-corrected chi connectivity index (χ0v) is 8.77. The van der Waals surface area contributed by atoms with E-state index in [1.54, 1.807) is 25.3 Å². The normalized spacial score (nSPS) is 11.9. The predicted octanol–water partition coefficient (Wildman–Crippen LogP) is 0.806. The molecule has 1 N–H and O–H groups in total. The van der Waals surface area contributed by atoms with Gasteiger partial charge < -0.3 is 19.4 Å². The Kier molecular flexibility index (Phi) is 4.12. The Morgan fingerprint density at radius 3 is 2.53 bits per heavy atom. The monoisotopic (exact) mass is 210 g/mol. The van der Waals surface area contributed by atoms with E-state index < -0.39 is 6.10 Å². The second-order valence-electron chi connectivity index (χ2n) is 3.10. The number of benzene rings is 1. The van der Waals surface area contributed by atoms with Gasteiger partial charge in [-0.25, -0.2) is 0 Å². The number of carbonyl (C=O) groups is 1. The van der Waals surface area contributed by atoms with Crippen LogP contribution in [0, 0.1) is 0 Å². The average Bonchev–Trinajstić information content (AvgIpc) is 2.28. The van der Waals surface area contributed by atoms with Crippen molar-refractivity contribution in [1.82, 2.24) is 0 Å². The van der Waals surface area contributed by atoms with Crippen molar-refractivity contribution in [3.8, 4) is 11.5 Å². The van der Waals surface area contributed by atoms with Crippen molar-refractivity contribution in [2.75, 3.05) is 14.2 Å². The van der Waals surface area contributed by atoms with Gasteiger partial charge in [-0.05, 0) is 17.7 Å². The summed E-state index contributed by atoms with van der Waals surface area (Å²) in [5.41, 5.74) is 0.826. The van der Waals surface area contributed by atoms with Crippen LogP contribution in [0.1, 0.15) is 5.56 Å². The minimum atomic E-state index is -0.969. The molecule has 0 radical (unpaired) electrons. The minimum Gasteiger partial charge on any atom is -0.493 e. The van der Waals surface area contributed by atoms with Gasteiger partial charge in [-0.15, -0.1) is 0 Å². The lowest BCUT2D eigenvalue weighted by Gasteiger charge is -2.10. The first-order chi connectivity index (χ1) is 7.21. The summed E-state index contributed by atoms with van der Waals surface area (Å²) >= 11 is 0. The molecule has 0 aliphatic carbocycles. The molecule has 0 aliphatic heterocycles. The molecule has 82 valence electrons. The third-order valence-corrected chi connectivity index (χ3v) is 2.05. The number of aldehydes is 1. The van der Waals surface area contributed by atoms with Crippen molar-refractivity contribution in [3.05, 3.63) is 23.8 Å². The molecule has 0 fully saturated rings. The molecule has 4 nitrogen and oxygen atoms in total. The third-order valence-electron chi connectivity index (χ3n) is 2.05. The Labute approximate surface area is 88.4 Å². The molecule has 1 unspecified atom stereocenters. The number of aliphatic hydroxyl groups is 1. The van der Waals surface area contributed by atoms with Crippen LogP contribution in [0.25, 0.3) is 0 Å². The van der Waals surface area contributed by atoms with Crippen LogP contribution in [0.5, 0.6) is 11.5 Å². The number of methoxy groups -OCH3 is 2. The number of ether oxygens (including phenoxy) is 2. The van der Waals surface area contributed by atoms with Crippen molar-refractivity contribution in [1.29, 1.82) is 0 Å². The van der Waals surface area contributed by atoms with Crippen LogP contribution < -0.4 is 9.47 Å².